The average Bonchev–Trinajstić information content (AvgIpc) is 3.16. The van der Waals surface area contributed by atoms with Gasteiger partial charge in [0, 0.05) is 17.2 Å². The number of amides is 1. The van der Waals surface area contributed by atoms with Crippen molar-refractivity contribution in [2.24, 2.45) is 5.92 Å². The predicted octanol–water partition coefficient (Wildman–Crippen LogP) is 3.23. The van der Waals surface area contributed by atoms with Crippen LogP contribution in [-0.2, 0) is 9.53 Å². The van der Waals surface area contributed by atoms with E-state index >= 15 is 0 Å². The van der Waals surface area contributed by atoms with Gasteiger partial charge in [0.25, 0.3) is 0 Å². The van der Waals surface area contributed by atoms with Crippen molar-refractivity contribution in [2.75, 3.05) is 12.4 Å². The molecule has 2 rings (SSSR count). The standard InChI is InChI=1S/C16H21NO5/c1-16(2,3)22-15(20)17-9-5-6-13(21-4)11(7-9)10-8-12(10)14(18)19/h5-7,10,12H,8H2,1-4H3,(H,17,20)(H,18,19). The fourth-order valence-electron chi connectivity index (χ4n) is 2.33. The van der Waals surface area contributed by atoms with Gasteiger partial charge in [-0.15, -0.1) is 0 Å². The molecule has 1 amide bonds. The minimum absolute atomic E-state index is 0.0761. The first-order chi connectivity index (χ1) is 10.2. The average molecular weight is 307 g/mol. The summed E-state index contributed by atoms with van der Waals surface area (Å²) < 4.78 is 10.5. The first kappa shape index (κ1) is 16.1. The summed E-state index contributed by atoms with van der Waals surface area (Å²) in [6, 6.07) is 5.17. The molecule has 1 fully saturated rings. The molecule has 0 saturated heterocycles. The lowest BCUT2D eigenvalue weighted by Crippen LogP contribution is -2.27. The Balaban J connectivity index is 2.14. The molecule has 6 nitrogen and oxygen atoms in total. The summed E-state index contributed by atoms with van der Waals surface area (Å²) in [6.07, 6.45) is 0.0379. The van der Waals surface area contributed by atoms with E-state index in [1.807, 2.05) is 0 Å². The van der Waals surface area contributed by atoms with Crippen LogP contribution in [0.2, 0.25) is 0 Å². The van der Waals surface area contributed by atoms with E-state index < -0.39 is 17.7 Å². The number of nitrogens with one attached hydrogen (secondary N) is 1. The van der Waals surface area contributed by atoms with Crippen molar-refractivity contribution in [3.63, 3.8) is 0 Å². The van der Waals surface area contributed by atoms with Gasteiger partial charge in [0.2, 0.25) is 0 Å². The number of aliphatic carboxylic acids is 1. The SMILES string of the molecule is COc1ccc(NC(=O)OC(C)(C)C)cc1C1CC1C(=O)O. The van der Waals surface area contributed by atoms with Gasteiger partial charge in [-0.05, 0) is 45.4 Å². The van der Waals surface area contributed by atoms with E-state index in [4.69, 9.17) is 14.6 Å². The topological polar surface area (TPSA) is 84.9 Å². The van der Waals surface area contributed by atoms with E-state index in [1.165, 1.54) is 7.11 Å². The Bertz CT molecular complexity index is 591. The minimum atomic E-state index is -0.808. The first-order valence-corrected chi connectivity index (χ1v) is 7.12. The molecule has 2 unspecified atom stereocenters. The highest BCUT2D eigenvalue weighted by Gasteiger charge is 2.45. The van der Waals surface area contributed by atoms with Crippen molar-refractivity contribution in [2.45, 2.75) is 38.7 Å². The van der Waals surface area contributed by atoms with Crippen molar-refractivity contribution >= 4 is 17.7 Å². The van der Waals surface area contributed by atoms with Gasteiger partial charge in [0.05, 0.1) is 13.0 Å². The van der Waals surface area contributed by atoms with Gasteiger partial charge < -0.3 is 14.6 Å². The zero-order chi connectivity index (χ0) is 16.5. The molecule has 1 aliphatic rings. The van der Waals surface area contributed by atoms with E-state index in [0.29, 0.717) is 17.9 Å². The van der Waals surface area contributed by atoms with Crippen LogP contribution in [0.5, 0.6) is 5.75 Å². The Hall–Kier alpha value is -2.24. The van der Waals surface area contributed by atoms with Gasteiger partial charge in [-0.1, -0.05) is 0 Å². The number of anilines is 1. The van der Waals surface area contributed by atoms with E-state index in [2.05, 4.69) is 5.32 Å². The number of benzene rings is 1. The van der Waals surface area contributed by atoms with Crippen molar-refractivity contribution in [1.82, 2.24) is 0 Å². The molecular weight excluding hydrogens is 286 g/mol. The fourth-order valence-corrected chi connectivity index (χ4v) is 2.33. The molecule has 1 saturated carbocycles. The summed E-state index contributed by atoms with van der Waals surface area (Å²) >= 11 is 0. The highest BCUT2D eigenvalue weighted by molar-refractivity contribution is 5.85. The third-order valence-corrected chi connectivity index (χ3v) is 3.38. The largest absolute Gasteiger partial charge is 0.496 e. The second kappa shape index (κ2) is 5.87. The number of carbonyl (C=O) groups excluding carboxylic acids is 1. The fraction of sp³-hybridized carbons (Fsp3) is 0.500. The second-order valence-electron chi connectivity index (χ2n) is 6.37. The van der Waals surface area contributed by atoms with Crippen LogP contribution >= 0.6 is 0 Å². The molecule has 0 bridgehead atoms. The molecule has 1 aromatic carbocycles. The molecule has 1 aliphatic carbocycles. The van der Waals surface area contributed by atoms with Crippen LogP contribution in [0.15, 0.2) is 18.2 Å². The lowest BCUT2D eigenvalue weighted by Gasteiger charge is -2.20. The Morgan fingerprint density at radius 3 is 2.50 bits per heavy atom. The number of carboxylic acids is 1. The lowest BCUT2D eigenvalue weighted by atomic mass is 10.1. The van der Waals surface area contributed by atoms with E-state index in [9.17, 15) is 9.59 Å². The molecule has 2 N–H and O–H groups in total. The minimum Gasteiger partial charge on any atom is -0.496 e. The van der Waals surface area contributed by atoms with Crippen LogP contribution < -0.4 is 10.1 Å². The lowest BCUT2D eigenvalue weighted by molar-refractivity contribution is -0.138. The quantitative estimate of drug-likeness (QED) is 0.892. The van der Waals surface area contributed by atoms with Gasteiger partial charge in [-0.2, -0.15) is 0 Å². The van der Waals surface area contributed by atoms with Gasteiger partial charge >= 0.3 is 12.1 Å². The van der Waals surface area contributed by atoms with Crippen molar-refractivity contribution < 1.29 is 24.2 Å². The Morgan fingerprint density at radius 1 is 1.32 bits per heavy atom. The first-order valence-electron chi connectivity index (χ1n) is 7.12. The monoisotopic (exact) mass is 307 g/mol. The molecule has 120 valence electrons. The number of rotatable bonds is 4. The third kappa shape index (κ3) is 3.90. The Labute approximate surface area is 129 Å². The van der Waals surface area contributed by atoms with Gasteiger partial charge in [0.15, 0.2) is 0 Å². The van der Waals surface area contributed by atoms with Crippen LogP contribution in [0.4, 0.5) is 10.5 Å². The molecule has 0 aromatic heterocycles. The molecule has 6 heteroatoms. The smallest absolute Gasteiger partial charge is 0.412 e. The van der Waals surface area contributed by atoms with Gasteiger partial charge in [-0.25, -0.2) is 4.79 Å². The van der Waals surface area contributed by atoms with E-state index in [0.717, 1.165) is 5.56 Å². The Kier molecular flexibility index (Phi) is 4.30. The molecule has 1 aromatic rings. The van der Waals surface area contributed by atoms with Crippen LogP contribution in [0.3, 0.4) is 0 Å². The summed E-state index contributed by atoms with van der Waals surface area (Å²) in [5.41, 5.74) is 0.772. The van der Waals surface area contributed by atoms with Gasteiger partial charge in [0.1, 0.15) is 11.4 Å². The van der Waals surface area contributed by atoms with E-state index in [-0.39, 0.29) is 11.8 Å². The molecular formula is C16H21NO5. The van der Waals surface area contributed by atoms with Crippen LogP contribution in [0.25, 0.3) is 0 Å². The molecule has 0 radical (unpaired) electrons. The van der Waals surface area contributed by atoms with Crippen LogP contribution in [0.1, 0.15) is 38.7 Å². The maximum absolute atomic E-state index is 11.8. The maximum atomic E-state index is 11.8. The number of ether oxygens (including phenoxy) is 2. The highest BCUT2D eigenvalue weighted by Crippen LogP contribution is 2.51. The number of carboxylic acid groups (broad SMARTS) is 1. The Morgan fingerprint density at radius 2 is 2.00 bits per heavy atom. The number of hydrogen-bond acceptors (Lipinski definition) is 4. The summed E-state index contributed by atoms with van der Waals surface area (Å²) in [7, 11) is 1.54. The van der Waals surface area contributed by atoms with Crippen molar-refractivity contribution in [3.05, 3.63) is 23.8 Å². The molecule has 0 spiro atoms. The van der Waals surface area contributed by atoms with Gasteiger partial charge in [-0.3, -0.25) is 10.1 Å². The summed E-state index contributed by atoms with van der Waals surface area (Å²) in [5, 5.41) is 11.7. The molecule has 2 atom stereocenters. The second-order valence-corrected chi connectivity index (χ2v) is 6.37. The normalized spacial score (nSPS) is 20.2. The third-order valence-electron chi connectivity index (χ3n) is 3.38. The summed E-state index contributed by atoms with van der Waals surface area (Å²) in [4.78, 5) is 22.8. The van der Waals surface area contributed by atoms with E-state index in [1.54, 1.807) is 39.0 Å². The predicted molar refractivity (Wildman–Crippen MR) is 81.3 cm³/mol. The summed E-state index contributed by atoms with van der Waals surface area (Å²) in [6.45, 7) is 5.36. The maximum Gasteiger partial charge on any atom is 0.412 e. The molecule has 0 aliphatic heterocycles. The molecule has 22 heavy (non-hydrogen) atoms. The van der Waals surface area contributed by atoms with Crippen molar-refractivity contribution in [3.8, 4) is 5.75 Å². The number of carbonyl (C=O) groups is 2. The highest BCUT2D eigenvalue weighted by atomic mass is 16.6. The van der Waals surface area contributed by atoms with Crippen molar-refractivity contribution in [1.29, 1.82) is 0 Å². The summed E-state index contributed by atoms with van der Waals surface area (Å²) in [5.74, 6) is -0.639. The molecule has 0 heterocycles. The number of methoxy groups -OCH3 is 1. The zero-order valence-electron chi connectivity index (χ0n) is 13.2. The number of hydrogen-bond donors (Lipinski definition) is 2. The van der Waals surface area contributed by atoms with Crippen LogP contribution in [0, 0.1) is 5.92 Å². The van der Waals surface area contributed by atoms with Crippen LogP contribution in [-0.4, -0.2) is 29.9 Å². The zero-order valence-corrected chi connectivity index (χ0v) is 13.2.